The van der Waals surface area contributed by atoms with E-state index < -0.39 is 0 Å². The van der Waals surface area contributed by atoms with Gasteiger partial charge >= 0.3 is 0 Å². The quantitative estimate of drug-likeness (QED) is 0.869. The molecule has 0 bridgehead atoms. The molecule has 0 radical (unpaired) electrons. The number of benzene rings is 1. The summed E-state index contributed by atoms with van der Waals surface area (Å²) in [5.74, 6) is 2.61. The van der Waals surface area contributed by atoms with E-state index in [1.165, 1.54) is 5.56 Å². The summed E-state index contributed by atoms with van der Waals surface area (Å²) in [4.78, 5) is 0. The van der Waals surface area contributed by atoms with E-state index in [2.05, 4.69) is 6.92 Å². The normalized spacial score (nSPS) is 15.5. The minimum Gasteiger partial charge on any atom is -0.493 e. The van der Waals surface area contributed by atoms with Crippen LogP contribution in [0.3, 0.4) is 0 Å². The third-order valence-electron chi connectivity index (χ3n) is 3.02. The maximum Gasteiger partial charge on any atom is 0.203 e. The van der Waals surface area contributed by atoms with Gasteiger partial charge in [-0.05, 0) is 36.6 Å². The van der Waals surface area contributed by atoms with E-state index in [1.807, 2.05) is 12.1 Å². The Bertz CT molecular complexity index is 375. The topological polar surface area (TPSA) is 53.7 Å². The minimum atomic E-state index is 0.393. The monoisotopic (exact) mass is 237 g/mol. The summed E-state index contributed by atoms with van der Waals surface area (Å²) < 4.78 is 16.5. The SMILES string of the molecule is COc1cc(C(C)CCN)cc2c1OCCO2. The zero-order chi connectivity index (χ0) is 12.3. The van der Waals surface area contributed by atoms with Crippen LogP contribution in [0.4, 0.5) is 0 Å². The summed E-state index contributed by atoms with van der Waals surface area (Å²) in [6.07, 6.45) is 0.947. The zero-order valence-electron chi connectivity index (χ0n) is 10.4. The highest BCUT2D eigenvalue weighted by atomic mass is 16.6. The van der Waals surface area contributed by atoms with Crippen molar-refractivity contribution >= 4 is 0 Å². The van der Waals surface area contributed by atoms with Crippen molar-refractivity contribution in [2.24, 2.45) is 5.73 Å². The van der Waals surface area contributed by atoms with E-state index in [0.717, 1.165) is 17.9 Å². The molecule has 0 amide bonds. The second-order valence-electron chi connectivity index (χ2n) is 4.23. The molecule has 0 saturated carbocycles. The first kappa shape index (κ1) is 12.0. The fourth-order valence-corrected chi connectivity index (χ4v) is 1.99. The Kier molecular flexibility index (Phi) is 3.74. The van der Waals surface area contributed by atoms with Crippen molar-refractivity contribution in [3.63, 3.8) is 0 Å². The van der Waals surface area contributed by atoms with Crippen molar-refractivity contribution < 1.29 is 14.2 Å². The molecule has 0 spiro atoms. The maximum atomic E-state index is 5.60. The molecule has 4 nitrogen and oxygen atoms in total. The van der Waals surface area contributed by atoms with Gasteiger partial charge in [0.15, 0.2) is 11.5 Å². The van der Waals surface area contributed by atoms with Crippen molar-refractivity contribution in [1.29, 1.82) is 0 Å². The highest BCUT2D eigenvalue weighted by Crippen LogP contribution is 2.42. The van der Waals surface area contributed by atoms with E-state index in [9.17, 15) is 0 Å². The first-order valence-corrected chi connectivity index (χ1v) is 5.94. The van der Waals surface area contributed by atoms with Crippen molar-refractivity contribution in [2.75, 3.05) is 26.9 Å². The number of methoxy groups -OCH3 is 1. The predicted octanol–water partition coefficient (Wildman–Crippen LogP) is 1.92. The lowest BCUT2D eigenvalue weighted by molar-refractivity contribution is 0.165. The van der Waals surface area contributed by atoms with Crippen LogP contribution >= 0.6 is 0 Å². The molecule has 2 N–H and O–H groups in total. The van der Waals surface area contributed by atoms with Crippen molar-refractivity contribution in [2.45, 2.75) is 19.3 Å². The standard InChI is InChI=1S/C13H19NO3/c1-9(3-4-14)10-7-11(15-2)13-12(8-10)16-5-6-17-13/h7-9H,3-6,14H2,1-2H3. The number of fused-ring (bicyclic) bond motifs is 1. The summed E-state index contributed by atoms with van der Waals surface area (Å²) >= 11 is 0. The molecule has 4 heteroatoms. The van der Waals surface area contributed by atoms with Gasteiger partial charge in [0.25, 0.3) is 0 Å². The van der Waals surface area contributed by atoms with Crippen LogP contribution in [-0.2, 0) is 0 Å². The lowest BCUT2D eigenvalue weighted by atomic mass is 9.97. The van der Waals surface area contributed by atoms with Crippen LogP contribution in [0, 0.1) is 0 Å². The van der Waals surface area contributed by atoms with Crippen LogP contribution in [0.2, 0.25) is 0 Å². The molecule has 0 fully saturated rings. The molecule has 0 saturated heterocycles. The maximum absolute atomic E-state index is 5.60. The molecule has 94 valence electrons. The summed E-state index contributed by atoms with van der Waals surface area (Å²) in [5, 5.41) is 0. The van der Waals surface area contributed by atoms with Crippen molar-refractivity contribution in [1.82, 2.24) is 0 Å². The molecule has 0 aliphatic carbocycles. The van der Waals surface area contributed by atoms with Gasteiger partial charge in [-0.25, -0.2) is 0 Å². The Morgan fingerprint density at radius 1 is 1.35 bits per heavy atom. The van der Waals surface area contributed by atoms with Gasteiger partial charge in [0.2, 0.25) is 5.75 Å². The van der Waals surface area contributed by atoms with Crippen LogP contribution in [0.1, 0.15) is 24.8 Å². The average molecular weight is 237 g/mol. The lowest BCUT2D eigenvalue weighted by Gasteiger charge is -2.22. The molecule has 1 atom stereocenters. The predicted molar refractivity (Wildman–Crippen MR) is 66.1 cm³/mol. The van der Waals surface area contributed by atoms with Gasteiger partial charge in [-0.1, -0.05) is 6.92 Å². The van der Waals surface area contributed by atoms with E-state index in [-0.39, 0.29) is 0 Å². The summed E-state index contributed by atoms with van der Waals surface area (Å²) in [6.45, 7) is 3.99. The van der Waals surface area contributed by atoms with Crippen LogP contribution in [0.5, 0.6) is 17.2 Å². The fourth-order valence-electron chi connectivity index (χ4n) is 1.99. The van der Waals surface area contributed by atoms with Gasteiger partial charge in [0.1, 0.15) is 13.2 Å². The molecule has 17 heavy (non-hydrogen) atoms. The Morgan fingerprint density at radius 3 is 2.82 bits per heavy atom. The molecule has 1 aliphatic rings. The zero-order valence-corrected chi connectivity index (χ0v) is 10.4. The average Bonchev–Trinajstić information content (AvgIpc) is 2.37. The first-order valence-electron chi connectivity index (χ1n) is 5.94. The van der Waals surface area contributed by atoms with Crippen molar-refractivity contribution in [3.05, 3.63) is 17.7 Å². The van der Waals surface area contributed by atoms with E-state index in [4.69, 9.17) is 19.9 Å². The molecular formula is C13H19NO3. The Labute approximate surface area is 102 Å². The molecular weight excluding hydrogens is 218 g/mol. The molecule has 2 rings (SSSR count). The van der Waals surface area contributed by atoms with Crippen LogP contribution in [-0.4, -0.2) is 26.9 Å². The largest absolute Gasteiger partial charge is 0.493 e. The van der Waals surface area contributed by atoms with Crippen molar-refractivity contribution in [3.8, 4) is 17.2 Å². The number of nitrogens with two attached hydrogens (primary N) is 1. The van der Waals surface area contributed by atoms with Crippen LogP contribution in [0.25, 0.3) is 0 Å². The van der Waals surface area contributed by atoms with Crippen LogP contribution in [0.15, 0.2) is 12.1 Å². The minimum absolute atomic E-state index is 0.393. The third kappa shape index (κ3) is 2.47. The highest BCUT2D eigenvalue weighted by molar-refractivity contribution is 5.55. The lowest BCUT2D eigenvalue weighted by Crippen LogP contribution is -2.16. The van der Waals surface area contributed by atoms with Gasteiger partial charge in [-0.3, -0.25) is 0 Å². The van der Waals surface area contributed by atoms with Gasteiger partial charge in [-0.15, -0.1) is 0 Å². The van der Waals surface area contributed by atoms with Gasteiger partial charge in [0, 0.05) is 0 Å². The molecule has 1 aliphatic heterocycles. The molecule has 1 unspecified atom stereocenters. The highest BCUT2D eigenvalue weighted by Gasteiger charge is 2.19. The second-order valence-corrected chi connectivity index (χ2v) is 4.23. The number of rotatable bonds is 4. The van der Waals surface area contributed by atoms with Gasteiger partial charge < -0.3 is 19.9 Å². The fraction of sp³-hybridized carbons (Fsp3) is 0.538. The number of hydrogen-bond donors (Lipinski definition) is 1. The Hall–Kier alpha value is -1.42. The summed E-state index contributed by atoms with van der Waals surface area (Å²) in [5.41, 5.74) is 6.77. The van der Waals surface area contributed by atoms with Gasteiger partial charge in [-0.2, -0.15) is 0 Å². The number of ether oxygens (including phenoxy) is 3. The smallest absolute Gasteiger partial charge is 0.203 e. The van der Waals surface area contributed by atoms with E-state index in [0.29, 0.717) is 31.4 Å². The van der Waals surface area contributed by atoms with Gasteiger partial charge in [0.05, 0.1) is 7.11 Å². The first-order chi connectivity index (χ1) is 8.26. The molecule has 1 aromatic rings. The molecule has 1 aromatic carbocycles. The molecule has 1 heterocycles. The van der Waals surface area contributed by atoms with E-state index >= 15 is 0 Å². The summed E-state index contributed by atoms with van der Waals surface area (Å²) in [7, 11) is 1.64. The van der Waals surface area contributed by atoms with E-state index in [1.54, 1.807) is 7.11 Å². The molecule has 0 aromatic heterocycles. The Balaban J connectivity index is 2.35. The summed E-state index contributed by atoms with van der Waals surface area (Å²) in [6, 6.07) is 4.03. The number of hydrogen-bond acceptors (Lipinski definition) is 4. The van der Waals surface area contributed by atoms with Crippen LogP contribution < -0.4 is 19.9 Å². The Morgan fingerprint density at radius 2 is 2.12 bits per heavy atom. The third-order valence-corrected chi connectivity index (χ3v) is 3.02. The second kappa shape index (κ2) is 5.27.